The summed E-state index contributed by atoms with van der Waals surface area (Å²) in [6, 6.07) is 14.5. The van der Waals surface area contributed by atoms with Crippen LogP contribution in [-0.2, 0) is 23.0 Å². The summed E-state index contributed by atoms with van der Waals surface area (Å²) in [5.74, 6) is 0.686. The van der Waals surface area contributed by atoms with Crippen LogP contribution in [0.25, 0.3) is 0 Å². The number of aliphatic imine (C=N–C) groups is 1. The Bertz CT molecular complexity index is 841. The highest BCUT2D eigenvalue weighted by molar-refractivity contribution is 14.0. The SMILES string of the molecule is CN=C(NCCc1ccc(Cl)cc1)NCc1ccc(S(=O)(=O)NC)cc1.I. The van der Waals surface area contributed by atoms with Gasteiger partial charge in [-0.25, -0.2) is 13.1 Å². The van der Waals surface area contributed by atoms with Gasteiger partial charge in [-0.05, 0) is 48.9 Å². The van der Waals surface area contributed by atoms with Crippen LogP contribution >= 0.6 is 35.6 Å². The van der Waals surface area contributed by atoms with Crippen molar-refractivity contribution < 1.29 is 8.42 Å². The predicted molar refractivity (Wildman–Crippen MR) is 121 cm³/mol. The van der Waals surface area contributed by atoms with Gasteiger partial charge in [0.05, 0.1) is 4.90 Å². The van der Waals surface area contributed by atoms with E-state index in [1.165, 1.54) is 12.6 Å². The molecule has 0 saturated heterocycles. The first-order valence-corrected chi connectivity index (χ1v) is 10.0. The second-order valence-corrected chi connectivity index (χ2v) is 7.90. The van der Waals surface area contributed by atoms with Gasteiger partial charge >= 0.3 is 0 Å². The van der Waals surface area contributed by atoms with Crippen molar-refractivity contribution in [3.05, 3.63) is 64.7 Å². The first-order chi connectivity index (χ1) is 12.4. The lowest BCUT2D eigenvalue weighted by Crippen LogP contribution is -2.37. The van der Waals surface area contributed by atoms with Crippen molar-refractivity contribution in [2.45, 2.75) is 17.9 Å². The molecule has 0 atom stereocenters. The Balaban J connectivity index is 0.00000364. The fourth-order valence-electron chi connectivity index (χ4n) is 2.29. The minimum absolute atomic E-state index is 0. The van der Waals surface area contributed by atoms with Crippen LogP contribution in [0, 0.1) is 0 Å². The van der Waals surface area contributed by atoms with Crippen LogP contribution in [0.5, 0.6) is 0 Å². The van der Waals surface area contributed by atoms with Gasteiger partial charge < -0.3 is 10.6 Å². The predicted octanol–water partition coefficient (Wildman–Crippen LogP) is 2.77. The summed E-state index contributed by atoms with van der Waals surface area (Å²) < 4.78 is 25.7. The van der Waals surface area contributed by atoms with Crippen LogP contribution in [0.2, 0.25) is 5.02 Å². The standard InChI is InChI=1S/C18H23ClN4O2S.HI/c1-20-18(22-12-11-14-3-7-16(19)8-4-14)23-13-15-5-9-17(10-6-15)26(24,25)21-2;/h3-10,21H,11-13H2,1-2H3,(H2,20,22,23);1H. The number of nitrogens with zero attached hydrogens (tertiary/aromatic N) is 1. The smallest absolute Gasteiger partial charge is 0.240 e. The van der Waals surface area contributed by atoms with Crippen LogP contribution in [0.15, 0.2) is 58.4 Å². The number of hydrogen-bond donors (Lipinski definition) is 3. The molecule has 6 nitrogen and oxygen atoms in total. The number of halogens is 2. The van der Waals surface area contributed by atoms with Crippen molar-refractivity contribution in [2.75, 3.05) is 20.6 Å². The second kappa shape index (κ2) is 11.5. The molecule has 2 aromatic rings. The maximum atomic E-state index is 11.7. The van der Waals surface area contributed by atoms with Gasteiger partial charge in [-0.15, -0.1) is 24.0 Å². The quantitative estimate of drug-likeness (QED) is 0.297. The van der Waals surface area contributed by atoms with E-state index in [-0.39, 0.29) is 28.9 Å². The third kappa shape index (κ3) is 7.65. The van der Waals surface area contributed by atoms with Crippen molar-refractivity contribution in [1.29, 1.82) is 0 Å². The molecule has 2 rings (SSSR count). The molecule has 9 heteroatoms. The number of rotatable bonds is 7. The van der Waals surface area contributed by atoms with Crippen molar-refractivity contribution >= 4 is 51.6 Å². The highest BCUT2D eigenvalue weighted by Crippen LogP contribution is 2.10. The molecule has 0 fully saturated rings. The number of sulfonamides is 1. The molecule has 0 radical (unpaired) electrons. The van der Waals surface area contributed by atoms with Crippen LogP contribution in [0.3, 0.4) is 0 Å². The molecule has 0 amide bonds. The van der Waals surface area contributed by atoms with E-state index < -0.39 is 10.0 Å². The molecule has 27 heavy (non-hydrogen) atoms. The van der Waals surface area contributed by atoms with Crippen LogP contribution < -0.4 is 15.4 Å². The van der Waals surface area contributed by atoms with Crippen molar-refractivity contribution in [3.8, 4) is 0 Å². The van der Waals surface area contributed by atoms with E-state index in [0.717, 1.165) is 23.6 Å². The molecule has 3 N–H and O–H groups in total. The lowest BCUT2D eigenvalue weighted by Gasteiger charge is -2.12. The Labute approximate surface area is 182 Å². The maximum absolute atomic E-state index is 11.7. The summed E-state index contributed by atoms with van der Waals surface area (Å²) in [6.45, 7) is 1.28. The van der Waals surface area contributed by atoms with Crippen LogP contribution in [-0.4, -0.2) is 35.0 Å². The number of nitrogens with one attached hydrogen (secondary N) is 3. The number of hydrogen-bond acceptors (Lipinski definition) is 3. The van der Waals surface area contributed by atoms with Gasteiger partial charge in [0.1, 0.15) is 0 Å². The summed E-state index contributed by atoms with van der Waals surface area (Å²) in [6.07, 6.45) is 0.856. The Morgan fingerprint density at radius 2 is 1.59 bits per heavy atom. The molecule has 0 aromatic heterocycles. The summed E-state index contributed by atoms with van der Waals surface area (Å²) in [5.41, 5.74) is 2.15. The Hall–Kier alpha value is -1.36. The molecule has 148 valence electrons. The van der Waals surface area contributed by atoms with Crippen LogP contribution in [0.4, 0.5) is 0 Å². The Morgan fingerprint density at radius 1 is 1.00 bits per heavy atom. The molecule has 0 aliphatic carbocycles. The zero-order valence-corrected chi connectivity index (χ0v) is 19.1. The summed E-state index contributed by atoms with van der Waals surface area (Å²) >= 11 is 5.88. The third-order valence-corrected chi connectivity index (χ3v) is 5.49. The Kier molecular flexibility index (Phi) is 10.1. The molecule has 0 unspecified atom stereocenters. The summed E-state index contributed by atoms with van der Waals surface area (Å²) in [4.78, 5) is 4.43. The zero-order chi connectivity index (χ0) is 19.0. The molecule has 0 aliphatic rings. The maximum Gasteiger partial charge on any atom is 0.240 e. The topological polar surface area (TPSA) is 82.6 Å². The van der Waals surface area contributed by atoms with Gasteiger partial charge in [0, 0.05) is 25.2 Å². The third-order valence-electron chi connectivity index (χ3n) is 3.81. The monoisotopic (exact) mass is 522 g/mol. The van der Waals surface area contributed by atoms with Gasteiger partial charge in [-0.3, -0.25) is 4.99 Å². The molecule has 0 spiro atoms. The van der Waals surface area contributed by atoms with Crippen molar-refractivity contribution in [3.63, 3.8) is 0 Å². The van der Waals surface area contributed by atoms with E-state index in [1.807, 2.05) is 24.3 Å². The van der Waals surface area contributed by atoms with Gasteiger partial charge in [0.2, 0.25) is 10.0 Å². The van der Waals surface area contributed by atoms with Crippen molar-refractivity contribution in [1.82, 2.24) is 15.4 Å². The lowest BCUT2D eigenvalue weighted by atomic mass is 10.1. The minimum Gasteiger partial charge on any atom is -0.356 e. The molecular formula is C18H24ClIN4O2S. The zero-order valence-electron chi connectivity index (χ0n) is 15.2. The normalized spacial score (nSPS) is 11.6. The van der Waals surface area contributed by atoms with E-state index in [0.29, 0.717) is 12.5 Å². The van der Waals surface area contributed by atoms with E-state index >= 15 is 0 Å². The van der Waals surface area contributed by atoms with E-state index in [1.54, 1.807) is 31.3 Å². The van der Waals surface area contributed by atoms with Gasteiger partial charge in [-0.2, -0.15) is 0 Å². The molecule has 0 aliphatic heterocycles. The fourth-order valence-corrected chi connectivity index (χ4v) is 3.14. The first-order valence-electron chi connectivity index (χ1n) is 8.16. The highest BCUT2D eigenvalue weighted by atomic mass is 127. The van der Waals surface area contributed by atoms with Crippen molar-refractivity contribution in [2.24, 2.45) is 4.99 Å². The minimum atomic E-state index is -3.41. The van der Waals surface area contributed by atoms with Crippen LogP contribution in [0.1, 0.15) is 11.1 Å². The molecule has 0 bridgehead atoms. The molecule has 0 saturated carbocycles. The first kappa shape index (κ1) is 23.7. The molecule has 2 aromatic carbocycles. The Morgan fingerprint density at radius 3 is 2.15 bits per heavy atom. The molecular weight excluding hydrogens is 499 g/mol. The summed E-state index contributed by atoms with van der Waals surface area (Å²) in [5, 5.41) is 7.18. The average Bonchev–Trinajstić information content (AvgIpc) is 2.66. The lowest BCUT2D eigenvalue weighted by molar-refractivity contribution is 0.588. The second-order valence-electron chi connectivity index (χ2n) is 5.58. The van der Waals surface area contributed by atoms with E-state index in [4.69, 9.17) is 11.6 Å². The fraction of sp³-hybridized carbons (Fsp3) is 0.278. The number of benzene rings is 2. The van der Waals surface area contributed by atoms with Gasteiger partial charge in [0.15, 0.2) is 5.96 Å². The van der Waals surface area contributed by atoms with E-state index in [2.05, 4.69) is 20.3 Å². The van der Waals surface area contributed by atoms with Gasteiger partial charge in [-0.1, -0.05) is 35.9 Å². The largest absolute Gasteiger partial charge is 0.356 e. The van der Waals surface area contributed by atoms with E-state index in [9.17, 15) is 8.42 Å². The van der Waals surface area contributed by atoms with Gasteiger partial charge in [0.25, 0.3) is 0 Å². The summed E-state index contributed by atoms with van der Waals surface area (Å²) in [7, 11) is -0.305. The number of guanidine groups is 1. The highest BCUT2D eigenvalue weighted by Gasteiger charge is 2.10. The molecule has 0 heterocycles. The average molecular weight is 523 g/mol.